The number of halogens is 3. The number of sulfonamides is 1. The first-order valence-electron chi connectivity index (χ1n) is 12.9. The number of carbonyl (C=O) groups is 2. The first-order valence-corrected chi connectivity index (χ1v) is 15.9. The predicted molar refractivity (Wildman–Crippen MR) is 170 cm³/mol. The normalized spacial score (nSPS) is 11.9. The Labute approximate surface area is 264 Å². The van der Waals surface area contributed by atoms with Crippen molar-refractivity contribution in [3.63, 3.8) is 0 Å². The maximum atomic E-state index is 14.3. The molecule has 2 amide bonds. The van der Waals surface area contributed by atoms with Crippen LogP contribution < -0.4 is 9.62 Å². The van der Waals surface area contributed by atoms with Crippen molar-refractivity contribution in [3.8, 4) is 0 Å². The van der Waals surface area contributed by atoms with Crippen LogP contribution in [0, 0.1) is 0 Å². The molecule has 1 unspecified atom stereocenters. The van der Waals surface area contributed by atoms with E-state index in [1.807, 2.05) is 54.6 Å². The van der Waals surface area contributed by atoms with Gasteiger partial charge in [0.25, 0.3) is 10.0 Å². The predicted octanol–water partition coefficient (Wildman–Crippen LogP) is 6.34. The summed E-state index contributed by atoms with van der Waals surface area (Å²) >= 11 is 15.8. The Bertz CT molecular complexity index is 1640. The Morgan fingerprint density at radius 2 is 1.45 bits per heavy atom. The van der Waals surface area contributed by atoms with Crippen molar-refractivity contribution in [2.45, 2.75) is 23.9 Å². The highest BCUT2D eigenvalue weighted by Crippen LogP contribution is 2.31. The van der Waals surface area contributed by atoms with Gasteiger partial charge in [-0.25, -0.2) is 8.42 Å². The molecule has 1 N–H and O–H groups in total. The zero-order valence-electron chi connectivity index (χ0n) is 22.6. The summed E-state index contributed by atoms with van der Waals surface area (Å²) in [4.78, 5) is 29.0. The van der Waals surface area contributed by atoms with Crippen molar-refractivity contribution >= 4 is 66.7 Å². The van der Waals surface area contributed by atoms with Crippen LogP contribution in [0.15, 0.2) is 112 Å². The molecule has 0 bridgehead atoms. The molecule has 4 aromatic carbocycles. The lowest BCUT2D eigenvalue weighted by Crippen LogP contribution is -2.53. The third kappa shape index (κ3) is 7.72. The maximum absolute atomic E-state index is 14.3. The van der Waals surface area contributed by atoms with Crippen molar-refractivity contribution in [1.82, 2.24) is 10.2 Å². The molecule has 0 aliphatic rings. The third-order valence-electron chi connectivity index (χ3n) is 6.58. The summed E-state index contributed by atoms with van der Waals surface area (Å²) in [6.07, 6.45) is 0.223. The van der Waals surface area contributed by atoms with Gasteiger partial charge >= 0.3 is 0 Å². The molecular formula is C31H28BrCl2N3O4S. The monoisotopic (exact) mass is 687 g/mol. The van der Waals surface area contributed by atoms with E-state index < -0.39 is 28.5 Å². The van der Waals surface area contributed by atoms with Gasteiger partial charge in [0.15, 0.2) is 0 Å². The number of carbonyl (C=O) groups excluding carboxylic acids is 2. The molecule has 11 heteroatoms. The number of likely N-dealkylation sites (N-methyl/N-ethyl adjacent to an activating group) is 1. The zero-order valence-corrected chi connectivity index (χ0v) is 26.5. The molecule has 7 nitrogen and oxygen atoms in total. The molecule has 218 valence electrons. The summed E-state index contributed by atoms with van der Waals surface area (Å²) in [5.74, 6) is -0.954. The number of hydrogen-bond donors (Lipinski definition) is 1. The highest BCUT2D eigenvalue weighted by Gasteiger charge is 2.34. The van der Waals surface area contributed by atoms with Crippen LogP contribution in [0.2, 0.25) is 10.0 Å². The topological polar surface area (TPSA) is 86.8 Å². The zero-order chi connectivity index (χ0) is 30.3. The molecular weight excluding hydrogens is 661 g/mol. The summed E-state index contributed by atoms with van der Waals surface area (Å²) in [5.41, 5.74) is 1.77. The fourth-order valence-corrected chi connectivity index (χ4v) is 6.38. The fourth-order valence-electron chi connectivity index (χ4n) is 4.40. The van der Waals surface area contributed by atoms with Gasteiger partial charge < -0.3 is 10.2 Å². The number of anilines is 1. The summed E-state index contributed by atoms with van der Waals surface area (Å²) in [5, 5.41) is 3.04. The van der Waals surface area contributed by atoms with Crippen LogP contribution in [0.25, 0.3) is 0 Å². The van der Waals surface area contributed by atoms with Crippen LogP contribution in [0.4, 0.5) is 5.69 Å². The average Bonchev–Trinajstić information content (AvgIpc) is 3.00. The molecule has 0 saturated carbocycles. The molecule has 0 aliphatic heterocycles. The van der Waals surface area contributed by atoms with E-state index >= 15 is 0 Å². The molecule has 4 aromatic rings. The Hall–Kier alpha value is -3.37. The van der Waals surface area contributed by atoms with E-state index in [4.69, 9.17) is 23.2 Å². The molecule has 0 heterocycles. The van der Waals surface area contributed by atoms with E-state index in [1.54, 1.807) is 18.2 Å². The third-order valence-corrected chi connectivity index (χ3v) is 9.64. The van der Waals surface area contributed by atoms with Crippen molar-refractivity contribution in [1.29, 1.82) is 0 Å². The van der Waals surface area contributed by atoms with Crippen LogP contribution in [0.3, 0.4) is 0 Å². The average molecular weight is 689 g/mol. The second kappa shape index (κ2) is 14.2. The van der Waals surface area contributed by atoms with E-state index in [0.717, 1.165) is 19.9 Å². The highest BCUT2D eigenvalue weighted by atomic mass is 79.9. The van der Waals surface area contributed by atoms with Crippen molar-refractivity contribution < 1.29 is 18.0 Å². The van der Waals surface area contributed by atoms with Crippen LogP contribution in [-0.4, -0.2) is 44.8 Å². The van der Waals surface area contributed by atoms with Gasteiger partial charge in [-0.05, 0) is 53.6 Å². The molecule has 0 saturated heterocycles. The Balaban J connectivity index is 1.79. The van der Waals surface area contributed by atoms with Gasteiger partial charge in [-0.2, -0.15) is 0 Å². The Morgan fingerprint density at radius 3 is 2.05 bits per heavy atom. The van der Waals surface area contributed by atoms with Gasteiger partial charge in [-0.3, -0.25) is 13.9 Å². The summed E-state index contributed by atoms with van der Waals surface area (Å²) < 4.78 is 29.7. The second-order valence-corrected chi connectivity index (χ2v) is 13.0. The number of nitrogens with zero attached hydrogens (tertiary/aromatic N) is 2. The molecule has 0 radical (unpaired) electrons. The van der Waals surface area contributed by atoms with Crippen LogP contribution in [-0.2, 0) is 32.6 Å². The number of hydrogen-bond acceptors (Lipinski definition) is 4. The number of benzene rings is 4. The first kappa shape index (κ1) is 31.6. The molecule has 42 heavy (non-hydrogen) atoms. The van der Waals surface area contributed by atoms with E-state index in [0.29, 0.717) is 0 Å². The maximum Gasteiger partial charge on any atom is 0.264 e. The minimum atomic E-state index is -4.22. The lowest BCUT2D eigenvalue weighted by atomic mass is 10.0. The molecule has 0 spiro atoms. The molecule has 0 aromatic heterocycles. The molecule has 0 fully saturated rings. The van der Waals surface area contributed by atoms with Crippen molar-refractivity contribution in [3.05, 3.63) is 129 Å². The van der Waals surface area contributed by atoms with Gasteiger partial charge in [0.2, 0.25) is 11.8 Å². The highest BCUT2D eigenvalue weighted by molar-refractivity contribution is 9.10. The molecule has 4 rings (SSSR count). The lowest BCUT2D eigenvalue weighted by molar-refractivity contribution is -0.139. The number of nitrogens with one attached hydrogen (secondary N) is 1. The second-order valence-electron chi connectivity index (χ2n) is 9.39. The van der Waals surface area contributed by atoms with Gasteiger partial charge in [0, 0.05) is 24.5 Å². The lowest BCUT2D eigenvalue weighted by Gasteiger charge is -2.33. The van der Waals surface area contributed by atoms with Crippen LogP contribution >= 0.6 is 39.1 Å². The SMILES string of the molecule is CNC(=O)C(Cc1ccccc1)N(Cc1ccc(Br)cc1)C(=O)CN(c1ccc(Cl)c(Cl)c1)S(=O)(=O)c1ccccc1. The van der Waals surface area contributed by atoms with Gasteiger partial charge in [-0.15, -0.1) is 0 Å². The van der Waals surface area contributed by atoms with E-state index in [2.05, 4.69) is 21.2 Å². The van der Waals surface area contributed by atoms with Crippen LogP contribution in [0.5, 0.6) is 0 Å². The van der Waals surface area contributed by atoms with Crippen molar-refractivity contribution in [2.75, 3.05) is 17.9 Å². The standard InChI is InChI=1S/C31H28BrCl2N3O4S/c1-35-31(39)29(18-22-8-4-2-5-9-22)36(20-23-12-14-24(32)15-13-23)30(38)21-37(25-16-17-27(33)28(34)19-25)42(40,41)26-10-6-3-7-11-26/h2-17,19,29H,18,20-21H2,1H3,(H,35,39). The van der Waals surface area contributed by atoms with E-state index in [9.17, 15) is 18.0 Å². The fraction of sp³-hybridized carbons (Fsp3) is 0.161. The molecule has 1 atom stereocenters. The number of rotatable bonds is 11. The van der Waals surface area contributed by atoms with E-state index in [1.165, 1.54) is 42.3 Å². The summed E-state index contributed by atoms with van der Waals surface area (Å²) in [6.45, 7) is -0.522. The van der Waals surface area contributed by atoms with Gasteiger partial charge in [-0.1, -0.05) is 99.8 Å². The van der Waals surface area contributed by atoms with Gasteiger partial charge in [0.05, 0.1) is 20.6 Å². The van der Waals surface area contributed by atoms with Crippen molar-refractivity contribution in [2.24, 2.45) is 0 Å². The summed E-state index contributed by atoms with van der Waals surface area (Å²) in [7, 11) is -2.72. The Kier molecular flexibility index (Phi) is 10.7. The minimum Gasteiger partial charge on any atom is -0.357 e. The smallest absolute Gasteiger partial charge is 0.264 e. The van der Waals surface area contributed by atoms with Gasteiger partial charge in [0.1, 0.15) is 12.6 Å². The minimum absolute atomic E-state index is 0.00420. The quantitative estimate of drug-likeness (QED) is 0.199. The molecule has 0 aliphatic carbocycles. The largest absolute Gasteiger partial charge is 0.357 e. The summed E-state index contributed by atoms with van der Waals surface area (Å²) in [6, 6.07) is 27.9. The van der Waals surface area contributed by atoms with E-state index in [-0.39, 0.29) is 39.5 Å². The first-order chi connectivity index (χ1) is 20.1. The number of amides is 2. The van der Waals surface area contributed by atoms with Crippen LogP contribution in [0.1, 0.15) is 11.1 Å². The Morgan fingerprint density at radius 1 is 0.833 bits per heavy atom.